The van der Waals surface area contributed by atoms with Crippen LogP contribution in [-0.2, 0) is 15.8 Å². The molecule has 0 unspecified atom stereocenters. The molecule has 1 fully saturated rings. The van der Waals surface area contributed by atoms with Crippen LogP contribution in [0.25, 0.3) is 0 Å². The number of alkyl halides is 3. The van der Waals surface area contributed by atoms with Crippen molar-refractivity contribution in [2.75, 3.05) is 11.9 Å². The van der Waals surface area contributed by atoms with Crippen LogP contribution < -0.4 is 10.6 Å². The monoisotopic (exact) mass is 343 g/mol. The average Bonchev–Trinajstić information content (AvgIpc) is 2.75. The second-order valence-electron chi connectivity index (χ2n) is 5.72. The first-order valence-corrected chi connectivity index (χ1v) is 7.18. The minimum atomic E-state index is -4.53. The lowest BCUT2D eigenvalue weighted by molar-refractivity contribution is -0.137. The highest BCUT2D eigenvalue weighted by Gasteiger charge is 2.40. The fraction of sp³-hybridized carbons (Fsp3) is 0.400. The summed E-state index contributed by atoms with van der Waals surface area (Å²) in [5.41, 5.74) is -0.975. The first-order chi connectivity index (χ1) is 11.1. The molecule has 24 heavy (non-hydrogen) atoms. The van der Waals surface area contributed by atoms with E-state index in [9.17, 15) is 27.6 Å². The summed E-state index contributed by atoms with van der Waals surface area (Å²) in [7, 11) is 0. The zero-order chi connectivity index (χ0) is 18.1. The van der Waals surface area contributed by atoms with Gasteiger partial charge in [0.15, 0.2) is 0 Å². The van der Waals surface area contributed by atoms with Crippen molar-refractivity contribution in [2.24, 2.45) is 5.92 Å². The van der Waals surface area contributed by atoms with E-state index in [1.807, 2.05) is 0 Å². The Morgan fingerprint density at radius 1 is 1.33 bits per heavy atom. The van der Waals surface area contributed by atoms with Crippen LogP contribution >= 0.6 is 0 Å². The van der Waals surface area contributed by atoms with Gasteiger partial charge in [0.1, 0.15) is 12.6 Å². The Balaban J connectivity index is 2.04. The molecule has 2 N–H and O–H groups in total. The number of anilines is 1. The summed E-state index contributed by atoms with van der Waals surface area (Å²) in [5.74, 6) is -1.44. The Kier molecular flexibility index (Phi) is 4.81. The molecule has 2 rings (SSSR count). The number of nitrogens with one attached hydrogen (secondary N) is 2. The SMILES string of the molecule is CC(C)[C@H]1NC(=O)N(CC(=O)Nc2cccc(C(F)(F)F)c2)C1=O. The van der Waals surface area contributed by atoms with Crippen molar-refractivity contribution in [1.82, 2.24) is 10.2 Å². The summed E-state index contributed by atoms with van der Waals surface area (Å²) in [6, 6.07) is 2.69. The molecule has 1 atom stereocenters. The predicted octanol–water partition coefficient (Wildman–Crippen LogP) is 2.22. The lowest BCUT2D eigenvalue weighted by Gasteiger charge is -2.15. The Bertz CT molecular complexity index is 673. The van der Waals surface area contributed by atoms with E-state index in [4.69, 9.17) is 0 Å². The lowest BCUT2D eigenvalue weighted by Crippen LogP contribution is -2.39. The molecule has 1 heterocycles. The summed E-state index contributed by atoms with van der Waals surface area (Å²) in [6.45, 7) is 2.92. The zero-order valence-corrected chi connectivity index (χ0v) is 13.0. The lowest BCUT2D eigenvalue weighted by atomic mass is 10.1. The van der Waals surface area contributed by atoms with Gasteiger partial charge in [0.2, 0.25) is 5.91 Å². The standard InChI is InChI=1S/C15H16F3N3O3/c1-8(2)12-13(23)21(14(24)20-12)7-11(22)19-10-5-3-4-9(6-10)15(16,17)18/h3-6,8,12H,7H2,1-2H3,(H,19,22)(H,20,24)/t12-/m1/s1. The molecule has 1 saturated heterocycles. The van der Waals surface area contributed by atoms with E-state index in [1.165, 1.54) is 6.07 Å². The Hall–Kier alpha value is -2.58. The van der Waals surface area contributed by atoms with Crippen LogP contribution in [0.4, 0.5) is 23.7 Å². The normalized spacial score (nSPS) is 18.1. The number of amides is 4. The third-order valence-corrected chi connectivity index (χ3v) is 3.50. The molecular weight excluding hydrogens is 327 g/mol. The number of hydrogen-bond donors (Lipinski definition) is 2. The van der Waals surface area contributed by atoms with Crippen LogP contribution in [0.5, 0.6) is 0 Å². The summed E-state index contributed by atoms with van der Waals surface area (Å²) in [6.07, 6.45) is -4.53. The fourth-order valence-electron chi connectivity index (χ4n) is 2.26. The summed E-state index contributed by atoms with van der Waals surface area (Å²) in [4.78, 5) is 36.5. The first-order valence-electron chi connectivity index (χ1n) is 7.18. The van der Waals surface area contributed by atoms with E-state index in [2.05, 4.69) is 10.6 Å². The van der Waals surface area contributed by atoms with Crippen LogP contribution in [0.2, 0.25) is 0 Å². The summed E-state index contributed by atoms with van der Waals surface area (Å²) >= 11 is 0. The highest BCUT2D eigenvalue weighted by atomic mass is 19.4. The zero-order valence-electron chi connectivity index (χ0n) is 13.0. The van der Waals surface area contributed by atoms with Gasteiger partial charge in [-0.2, -0.15) is 13.2 Å². The van der Waals surface area contributed by atoms with Gasteiger partial charge >= 0.3 is 12.2 Å². The van der Waals surface area contributed by atoms with Crippen LogP contribution in [0, 0.1) is 5.92 Å². The number of urea groups is 1. The maximum absolute atomic E-state index is 12.6. The molecule has 130 valence electrons. The molecule has 4 amide bonds. The number of rotatable bonds is 4. The van der Waals surface area contributed by atoms with Crippen LogP contribution in [0.15, 0.2) is 24.3 Å². The van der Waals surface area contributed by atoms with Crippen LogP contribution in [-0.4, -0.2) is 35.3 Å². The number of nitrogens with zero attached hydrogens (tertiary/aromatic N) is 1. The van der Waals surface area contributed by atoms with Crippen molar-refractivity contribution in [3.05, 3.63) is 29.8 Å². The van der Waals surface area contributed by atoms with Crippen LogP contribution in [0.3, 0.4) is 0 Å². The molecule has 0 bridgehead atoms. The van der Waals surface area contributed by atoms with Gasteiger partial charge in [-0.1, -0.05) is 19.9 Å². The van der Waals surface area contributed by atoms with E-state index in [0.717, 1.165) is 23.1 Å². The Morgan fingerprint density at radius 2 is 2.00 bits per heavy atom. The molecule has 9 heteroatoms. The molecule has 1 aromatic rings. The number of carbonyl (C=O) groups excluding carboxylic acids is 3. The predicted molar refractivity (Wildman–Crippen MR) is 78.9 cm³/mol. The van der Waals surface area contributed by atoms with E-state index in [0.29, 0.717) is 0 Å². The number of hydrogen-bond acceptors (Lipinski definition) is 3. The first kappa shape index (κ1) is 17.8. The molecule has 0 saturated carbocycles. The summed E-state index contributed by atoms with van der Waals surface area (Å²) < 4.78 is 37.9. The summed E-state index contributed by atoms with van der Waals surface area (Å²) in [5, 5.41) is 4.71. The van der Waals surface area contributed by atoms with Crippen molar-refractivity contribution < 1.29 is 27.6 Å². The number of halogens is 3. The van der Waals surface area contributed by atoms with Gasteiger partial charge in [0.25, 0.3) is 5.91 Å². The average molecular weight is 343 g/mol. The number of imide groups is 1. The van der Waals surface area contributed by atoms with Gasteiger partial charge < -0.3 is 10.6 Å². The van der Waals surface area contributed by atoms with Crippen molar-refractivity contribution >= 4 is 23.5 Å². The fourth-order valence-corrected chi connectivity index (χ4v) is 2.26. The quantitative estimate of drug-likeness (QED) is 0.823. The smallest absolute Gasteiger partial charge is 0.326 e. The van der Waals surface area contributed by atoms with Gasteiger partial charge in [0, 0.05) is 5.69 Å². The maximum atomic E-state index is 12.6. The molecule has 0 aromatic heterocycles. The van der Waals surface area contributed by atoms with Gasteiger partial charge in [0.05, 0.1) is 5.56 Å². The molecule has 1 aromatic carbocycles. The molecule has 0 spiro atoms. The molecule has 1 aliphatic heterocycles. The molecule has 1 aliphatic rings. The Morgan fingerprint density at radius 3 is 2.54 bits per heavy atom. The second kappa shape index (κ2) is 6.50. The van der Waals surface area contributed by atoms with Crippen molar-refractivity contribution in [1.29, 1.82) is 0 Å². The van der Waals surface area contributed by atoms with E-state index >= 15 is 0 Å². The van der Waals surface area contributed by atoms with E-state index < -0.39 is 42.2 Å². The third-order valence-electron chi connectivity index (χ3n) is 3.50. The van der Waals surface area contributed by atoms with E-state index in [1.54, 1.807) is 13.8 Å². The van der Waals surface area contributed by atoms with Crippen molar-refractivity contribution in [3.63, 3.8) is 0 Å². The molecule has 0 aliphatic carbocycles. The van der Waals surface area contributed by atoms with Gasteiger partial charge in [-0.3, -0.25) is 14.5 Å². The van der Waals surface area contributed by atoms with Gasteiger partial charge in [-0.05, 0) is 24.1 Å². The molecule has 6 nitrogen and oxygen atoms in total. The minimum Gasteiger partial charge on any atom is -0.326 e. The maximum Gasteiger partial charge on any atom is 0.416 e. The van der Waals surface area contributed by atoms with Gasteiger partial charge in [-0.15, -0.1) is 0 Å². The minimum absolute atomic E-state index is 0.0673. The van der Waals surface area contributed by atoms with Crippen molar-refractivity contribution in [3.8, 4) is 0 Å². The highest BCUT2D eigenvalue weighted by molar-refractivity contribution is 6.08. The topological polar surface area (TPSA) is 78.5 Å². The molecular formula is C15H16F3N3O3. The number of benzene rings is 1. The molecule has 0 radical (unpaired) electrons. The highest BCUT2D eigenvalue weighted by Crippen LogP contribution is 2.30. The number of carbonyl (C=O) groups is 3. The Labute approximate surface area is 136 Å². The second-order valence-corrected chi connectivity index (χ2v) is 5.72. The third kappa shape index (κ3) is 3.84. The van der Waals surface area contributed by atoms with Gasteiger partial charge in [-0.25, -0.2) is 4.79 Å². The largest absolute Gasteiger partial charge is 0.416 e. The van der Waals surface area contributed by atoms with E-state index in [-0.39, 0.29) is 11.6 Å². The van der Waals surface area contributed by atoms with Crippen LogP contribution in [0.1, 0.15) is 19.4 Å². The van der Waals surface area contributed by atoms with Crippen molar-refractivity contribution in [2.45, 2.75) is 26.1 Å².